The number of aliphatic hydroxyl groups excluding tert-OH is 1. The van der Waals surface area contributed by atoms with E-state index >= 15 is 0 Å². The summed E-state index contributed by atoms with van der Waals surface area (Å²) in [5.41, 5.74) is 0.789. The first-order valence-electron chi connectivity index (χ1n) is 12.3. The molecule has 5 fully saturated rings. The molecular formula is C26H38O4. The molecule has 4 nitrogen and oxygen atoms in total. The highest BCUT2D eigenvalue weighted by Crippen LogP contribution is 2.74. The predicted octanol–water partition coefficient (Wildman–Crippen LogP) is 4.16. The van der Waals surface area contributed by atoms with Crippen LogP contribution in [0.3, 0.4) is 0 Å². The summed E-state index contributed by atoms with van der Waals surface area (Å²) in [6.07, 6.45) is 7.70. The number of carbonyl (C=O) groups excluding carboxylic acids is 1. The minimum Gasteiger partial charge on any atom is -0.389 e. The zero-order valence-electron chi connectivity index (χ0n) is 19.1. The van der Waals surface area contributed by atoms with Gasteiger partial charge >= 0.3 is 0 Å². The molecule has 4 heteroatoms. The van der Waals surface area contributed by atoms with Crippen molar-refractivity contribution in [2.45, 2.75) is 78.4 Å². The second kappa shape index (κ2) is 5.99. The van der Waals surface area contributed by atoms with Gasteiger partial charge in [-0.3, -0.25) is 4.79 Å². The number of ketones is 1. The van der Waals surface area contributed by atoms with Gasteiger partial charge in [0.05, 0.1) is 18.8 Å². The van der Waals surface area contributed by atoms with Crippen molar-refractivity contribution < 1.29 is 19.4 Å². The molecule has 4 aliphatic carbocycles. The van der Waals surface area contributed by atoms with E-state index in [2.05, 4.69) is 33.8 Å². The van der Waals surface area contributed by atoms with E-state index in [1.54, 1.807) is 0 Å². The molecule has 0 amide bonds. The Morgan fingerprint density at radius 1 is 1.10 bits per heavy atom. The van der Waals surface area contributed by atoms with Crippen LogP contribution in [0.5, 0.6) is 0 Å². The molecule has 3 saturated carbocycles. The number of ether oxygens (including phenoxy) is 2. The Labute approximate surface area is 180 Å². The zero-order chi connectivity index (χ0) is 21.1. The minimum absolute atomic E-state index is 0.0180. The summed E-state index contributed by atoms with van der Waals surface area (Å²) in [4.78, 5) is 13.6. The van der Waals surface area contributed by atoms with Gasteiger partial charge in [0.25, 0.3) is 0 Å². The molecule has 2 heterocycles. The molecule has 0 aromatic carbocycles. The predicted molar refractivity (Wildman–Crippen MR) is 114 cm³/mol. The van der Waals surface area contributed by atoms with Crippen molar-refractivity contribution in [3.63, 3.8) is 0 Å². The minimum atomic E-state index is -0.530. The number of carbonyl (C=O) groups is 1. The fourth-order valence-corrected chi connectivity index (χ4v) is 9.93. The number of fused-ring (bicyclic) bond motifs is 4. The fraction of sp³-hybridized carbons (Fsp3) is 0.885. The van der Waals surface area contributed by atoms with E-state index in [0.29, 0.717) is 30.6 Å². The SMILES string of the molecule is CC12CCC(=O)C3(C)C1C(OC2)C(O)C1(C)C2=CCC(C4CCOC4)C2(C)CCC13. The molecule has 2 saturated heterocycles. The van der Waals surface area contributed by atoms with Crippen LogP contribution in [0.2, 0.25) is 0 Å². The summed E-state index contributed by atoms with van der Waals surface area (Å²) in [6, 6.07) is 0. The molecule has 6 aliphatic rings. The Morgan fingerprint density at radius 2 is 1.90 bits per heavy atom. The van der Waals surface area contributed by atoms with E-state index in [1.165, 1.54) is 5.57 Å². The van der Waals surface area contributed by atoms with Gasteiger partial charge in [-0.15, -0.1) is 0 Å². The first-order chi connectivity index (χ1) is 14.2. The quantitative estimate of drug-likeness (QED) is 0.655. The largest absolute Gasteiger partial charge is 0.389 e. The van der Waals surface area contributed by atoms with Gasteiger partial charge in [-0.25, -0.2) is 0 Å². The molecule has 6 rings (SSSR count). The number of aliphatic hydroxyl groups is 1. The lowest BCUT2D eigenvalue weighted by Crippen LogP contribution is -2.69. The molecule has 10 atom stereocenters. The summed E-state index contributed by atoms with van der Waals surface area (Å²) in [5, 5.41) is 11.9. The van der Waals surface area contributed by atoms with Gasteiger partial charge < -0.3 is 14.6 Å². The second-order valence-electron chi connectivity index (χ2n) is 12.4. The monoisotopic (exact) mass is 414 g/mol. The van der Waals surface area contributed by atoms with E-state index in [1.807, 2.05) is 0 Å². The van der Waals surface area contributed by atoms with Crippen molar-refractivity contribution in [1.82, 2.24) is 0 Å². The van der Waals surface area contributed by atoms with Crippen LogP contribution in [0.4, 0.5) is 0 Å². The lowest BCUT2D eigenvalue weighted by Gasteiger charge is -2.66. The molecule has 0 aromatic heterocycles. The molecule has 30 heavy (non-hydrogen) atoms. The lowest BCUT2D eigenvalue weighted by atomic mass is 9.37. The maximum Gasteiger partial charge on any atom is 0.139 e. The van der Waals surface area contributed by atoms with Crippen molar-refractivity contribution in [1.29, 1.82) is 0 Å². The van der Waals surface area contributed by atoms with E-state index in [0.717, 1.165) is 45.3 Å². The highest BCUT2D eigenvalue weighted by Gasteiger charge is 2.74. The molecule has 10 unspecified atom stereocenters. The Morgan fingerprint density at radius 3 is 2.63 bits per heavy atom. The van der Waals surface area contributed by atoms with Crippen LogP contribution in [0.25, 0.3) is 0 Å². The van der Waals surface area contributed by atoms with E-state index < -0.39 is 11.5 Å². The van der Waals surface area contributed by atoms with Gasteiger partial charge in [0.2, 0.25) is 0 Å². The molecule has 166 valence electrons. The molecule has 0 aromatic rings. The molecule has 2 aliphatic heterocycles. The summed E-state index contributed by atoms with van der Waals surface area (Å²) >= 11 is 0. The van der Waals surface area contributed by atoms with Gasteiger partial charge in [0, 0.05) is 36.4 Å². The molecule has 0 spiro atoms. The van der Waals surface area contributed by atoms with Gasteiger partial charge in [0.15, 0.2) is 0 Å². The normalized spacial score (nSPS) is 59.5. The van der Waals surface area contributed by atoms with Gasteiger partial charge in [-0.2, -0.15) is 0 Å². The van der Waals surface area contributed by atoms with E-state index in [9.17, 15) is 9.90 Å². The number of rotatable bonds is 1. The molecular weight excluding hydrogens is 376 g/mol. The topological polar surface area (TPSA) is 55.8 Å². The third-order valence-corrected chi connectivity index (χ3v) is 11.3. The highest BCUT2D eigenvalue weighted by atomic mass is 16.5. The average molecular weight is 415 g/mol. The van der Waals surface area contributed by atoms with Gasteiger partial charge in [-0.05, 0) is 60.7 Å². The maximum atomic E-state index is 13.6. The van der Waals surface area contributed by atoms with Crippen molar-refractivity contribution in [3.8, 4) is 0 Å². The second-order valence-corrected chi connectivity index (χ2v) is 12.4. The lowest BCUT2D eigenvalue weighted by molar-refractivity contribution is -0.209. The van der Waals surface area contributed by atoms with Crippen molar-refractivity contribution >= 4 is 5.78 Å². The highest BCUT2D eigenvalue weighted by molar-refractivity contribution is 5.87. The first-order valence-corrected chi connectivity index (χ1v) is 12.3. The molecule has 0 radical (unpaired) electrons. The van der Waals surface area contributed by atoms with Crippen LogP contribution in [0.15, 0.2) is 11.6 Å². The molecule has 0 bridgehead atoms. The van der Waals surface area contributed by atoms with Gasteiger partial charge in [-0.1, -0.05) is 39.3 Å². The van der Waals surface area contributed by atoms with Crippen molar-refractivity contribution in [2.75, 3.05) is 19.8 Å². The van der Waals surface area contributed by atoms with Gasteiger partial charge in [0.1, 0.15) is 5.78 Å². The first kappa shape index (κ1) is 19.9. The fourth-order valence-electron chi connectivity index (χ4n) is 9.93. The Balaban J connectivity index is 1.46. The Hall–Kier alpha value is -0.710. The van der Waals surface area contributed by atoms with E-state index in [4.69, 9.17) is 9.47 Å². The van der Waals surface area contributed by atoms with Crippen LogP contribution >= 0.6 is 0 Å². The molecule has 1 N–H and O–H groups in total. The van der Waals surface area contributed by atoms with Crippen LogP contribution in [0, 0.1) is 45.3 Å². The van der Waals surface area contributed by atoms with E-state index in [-0.39, 0.29) is 34.2 Å². The summed E-state index contributed by atoms with van der Waals surface area (Å²) in [6.45, 7) is 11.7. The number of allylic oxidation sites excluding steroid dienone is 1. The zero-order valence-corrected chi connectivity index (χ0v) is 19.1. The smallest absolute Gasteiger partial charge is 0.139 e. The number of Topliss-reactive ketones (excluding diaryl/α,β-unsaturated/α-hetero) is 1. The average Bonchev–Trinajstić information content (AvgIpc) is 3.41. The summed E-state index contributed by atoms with van der Waals surface area (Å²) in [7, 11) is 0. The van der Waals surface area contributed by atoms with Crippen LogP contribution in [0.1, 0.15) is 66.2 Å². The van der Waals surface area contributed by atoms with Crippen molar-refractivity contribution in [2.24, 2.45) is 45.3 Å². The maximum absolute atomic E-state index is 13.6. The number of hydrogen-bond acceptors (Lipinski definition) is 4. The van der Waals surface area contributed by atoms with Crippen LogP contribution in [-0.2, 0) is 14.3 Å². The Bertz CT molecular complexity index is 814. The summed E-state index contributed by atoms with van der Waals surface area (Å²) < 4.78 is 12.1. The third kappa shape index (κ3) is 2.08. The van der Waals surface area contributed by atoms with Crippen LogP contribution in [-0.4, -0.2) is 42.9 Å². The Kier molecular flexibility index (Phi) is 3.98. The third-order valence-electron chi connectivity index (χ3n) is 11.3. The van der Waals surface area contributed by atoms with Crippen LogP contribution < -0.4 is 0 Å². The van der Waals surface area contributed by atoms with Crippen molar-refractivity contribution in [3.05, 3.63) is 11.6 Å². The number of hydrogen-bond donors (Lipinski definition) is 1. The summed E-state index contributed by atoms with van der Waals surface area (Å²) in [5.74, 6) is 1.99. The standard InChI is InChI=1S/C26H38O4/c1-23-10-8-19(27)26(4)18-7-11-24(2)16(15-9-12-29-13-15)5-6-17(24)25(18,3)22(28)20(21(23)26)30-14-23/h6,15-16,18,20-22,28H,5,7-14H2,1-4H3.